The summed E-state index contributed by atoms with van der Waals surface area (Å²) in [6.45, 7) is 1.75. The van der Waals surface area contributed by atoms with Crippen molar-refractivity contribution in [2.45, 2.75) is 6.92 Å². The second kappa shape index (κ2) is 8.66. The number of aromatic carboxylic acids is 1. The number of rotatable bonds is 7. The van der Waals surface area contributed by atoms with Gasteiger partial charge < -0.3 is 14.7 Å². The topological polar surface area (TPSA) is 91.2 Å². The van der Waals surface area contributed by atoms with Gasteiger partial charge in [0.2, 0.25) is 0 Å². The Morgan fingerprint density at radius 1 is 1.15 bits per heavy atom. The van der Waals surface area contributed by atoms with Gasteiger partial charge in [-0.25, -0.2) is 4.79 Å². The van der Waals surface area contributed by atoms with E-state index in [1.54, 1.807) is 57.4 Å². The van der Waals surface area contributed by atoms with E-state index in [0.717, 1.165) is 5.56 Å². The lowest BCUT2D eigenvalue weighted by molar-refractivity contribution is -0.130. The number of hydrazone groups is 1. The Morgan fingerprint density at radius 2 is 1.88 bits per heavy atom. The average Bonchev–Trinajstić information content (AvgIpc) is 2.64. The van der Waals surface area contributed by atoms with Crippen molar-refractivity contribution in [3.8, 4) is 5.75 Å². The molecule has 0 saturated carbocycles. The monoisotopic (exact) mass is 355 g/mol. The van der Waals surface area contributed by atoms with Gasteiger partial charge in [0.15, 0.2) is 6.61 Å². The predicted octanol–water partition coefficient (Wildman–Crippen LogP) is 2.69. The van der Waals surface area contributed by atoms with Gasteiger partial charge in [0.1, 0.15) is 5.75 Å². The van der Waals surface area contributed by atoms with Gasteiger partial charge in [-0.3, -0.25) is 10.2 Å². The highest BCUT2D eigenvalue weighted by molar-refractivity contribution is 6.00. The van der Waals surface area contributed by atoms with Gasteiger partial charge in [-0.1, -0.05) is 24.3 Å². The van der Waals surface area contributed by atoms with Crippen LogP contribution in [0.15, 0.2) is 53.6 Å². The van der Waals surface area contributed by atoms with Crippen LogP contribution in [0.2, 0.25) is 0 Å². The van der Waals surface area contributed by atoms with E-state index in [9.17, 15) is 14.7 Å². The number of nitrogens with one attached hydrogen (secondary N) is 1. The minimum atomic E-state index is -1.03. The van der Waals surface area contributed by atoms with Gasteiger partial charge in [0.05, 0.1) is 17.0 Å². The Bertz CT molecular complexity index is 831. The molecule has 0 atom stereocenters. The van der Waals surface area contributed by atoms with Crippen LogP contribution in [0.25, 0.3) is 0 Å². The van der Waals surface area contributed by atoms with Crippen molar-refractivity contribution in [1.82, 2.24) is 4.90 Å². The molecule has 0 aliphatic rings. The second-order valence-corrected chi connectivity index (χ2v) is 5.76. The maximum Gasteiger partial charge on any atom is 0.337 e. The summed E-state index contributed by atoms with van der Waals surface area (Å²) >= 11 is 0. The zero-order chi connectivity index (χ0) is 19.1. The molecular weight excluding hydrogens is 334 g/mol. The Morgan fingerprint density at radius 3 is 2.58 bits per heavy atom. The van der Waals surface area contributed by atoms with Gasteiger partial charge in [0, 0.05) is 19.7 Å². The van der Waals surface area contributed by atoms with E-state index in [-0.39, 0.29) is 18.1 Å². The molecule has 0 bridgehead atoms. The van der Waals surface area contributed by atoms with Crippen LogP contribution < -0.4 is 10.2 Å². The zero-order valence-corrected chi connectivity index (χ0v) is 14.9. The summed E-state index contributed by atoms with van der Waals surface area (Å²) in [5.74, 6) is -0.604. The normalized spacial score (nSPS) is 11.0. The summed E-state index contributed by atoms with van der Waals surface area (Å²) in [6, 6.07) is 13.7. The molecule has 0 aliphatic heterocycles. The number of para-hydroxylation sites is 1. The minimum absolute atomic E-state index is 0.0448. The molecule has 0 aromatic heterocycles. The SMILES string of the molecule is C/C(=N\Nc1ccccc1C(=O)O)c1cccc(OCC(=O)N(C)C)c1. The number of hydrogen-bond acceptors (Lipinski definition) is 5. The summed E-state index contributed by atoms with van der Waals surface area (Å²) in [5.41, 5.74) is 4.77. The molecule has 0 unspecified atom stereocenters. The average molecular weight is 355 g/mol. The fourth-order valence-electron chi connectivity index (χ4n) is 2.06. The lowest BCUT2D eigenvalue weighted by Gasteiger charge is -2.12. The molecular formula is C19H21N3O4. The molecule has 0 saturated heterocycles. The van der Waals surface area contributed by atoms with E-state index in [1.807, 2.05) is 6.07 Å². The van der Waals surface area contributed by atoms with Crippen LogP contribution in [0.5, 0.6) is 5.75 Å². The Labute approximate surface area is 151 Å². The molecule has 26 heavy (non-hydrogen) atoms. The predicted molar refractivity (Wildman–Crippen MR) is 99.9 cm³/mol. The number of amides is 1. The molecule has 2 aromatic rings. The first-order chi connectivity index (χ1) is 12.4. The zero-order valence-electron chi connectivity index (χ0n) is 14.9. The third kappa shape index (κ3) is 5.07. The lowest BCUT2D eigenvalue weighted by Crippen LogP contribution is -2.27. The van der Waals surface area contributed by atoms with Crippen LogP contribution in [0.3, 0.4) is 0 Å². The van der Waals surface area contributed by atoms with Crippen molar-refractivity contribution in [1.29, 1.82) is 0 Å². The summed E-state index contributed by atoms with van der Waals surface area (Å²) in [4.78, 5) is 24.3. The molecule has 2 aromatic carbocycles. The number of benzene rings is 2. The molecule has 7 heteroatoms. The van der Waals surface area contributed by atoms with E-state index in [4.69, 9.17) is 4.74 Å². The Hall–Kier alpha value is -3.35. The maximum absolute atomic E-state index is 11.6. The van der Waals surface area contributed by atoms with Crippen LogP contribution in [0.1, 0.15) is 22.8 Å². The second-order valence-electron chi connectivity index (χ2n) is 5.76. The summed E-state index contributed by atoms with van der Waals surface area (Å²) < 4.78 is 5.49. The third-order valence-corrected chi connectivity index (χ3v) is 3.61. The van der Waals surface area contributed by atoms with Crippen LogP contribution in [-0.4, -0.2) is 48.3 Å². The maximum atomic E-state index is 11.6. The highest BCUT2D eigenvalue weighted by Crippen LogP contribution is 2.17. The van der Waals surface area contributed by atoms with Crippen LogP contribution in [-0.2, 0) is 4.79 Å². The largest absolute Gasteiger partial charge is 0.484 e. The number of nitrogens with zero attached hydrogens (tertiary/aromatic N) is 2. The van der Waals surface area contributed by atoms with Gasteiger partial charge in [0.25, 0.3) is 5.91 Å². The first kappa shape index (κ1) is 19.0. The highest BCUT2D eigenvalue weighted by Gasteiger charge is 2.09. The van der Waals surface area contributed by atoms with E-state index < -0.39 is 5.97 Å². The van der Waals surface area contributed by atoms with Gasteiger partial charge >= 0.3 is 5.97 Å². The van der Waals surface area contributed by atoms with E-state index >= 15 is 0 Å². The van der Waals surface area contributed by atoms with Crippen molar-refractivity contribution in [3.05, 3.63) is 59.7 Å². The third-order valence-electron chi connectivity index (χ3n) is 3.61. The fourth-order valence-corrected chi connectivity index (χ4v) is 2.06. The quantitative estimate of drug-likeness (QED) is 0.589. The molecule has 0 heterocycles. The molecule has 1 amide bonds. The van der Waals surface area contributed by atoms with Crippen LogP contribution in [0.4, 0.5) is 5.69 Å². The summed E-state index contributed by atoms with van der Waals surface area (Å²) in [7, 11) is 3.33. The molecule has 0 aliphatic carbocycles. The number of anilines is 1. The molecule has 2 N–H and O–H groups in total. The molecule has 0 spiro atoms. The summed E-state index contributed by atoms with van der Waals surface area (Å²) in [6.07, 6.45) is 0. The number of carbonyl (C=O) groups is 2. The number of carbonyl (C=O) groups excluding carboxylic acids is 1. The Balaban J connectivity index is 2.11. The van der Waals surface area contributed by atoms with Gasteiger partial charge in [-0.05, 0) is 31.2 Å². The molecule has 7 nitrogen and oxygen atoms in total. The van der Waals surface area contributed by atoms with Crippen molar-refractivity contribution in [3.63, 3.8) is 0 Å². The lowest BCUT2D eigenvalue weighted by atomic mass is 10.1. The van der Waals surface area contributed by atoms with Crippen molar-refractivity contribution >= 4 is 23.3 Å². The first-order valence-electron chi connectivity index (χ1n) is 7.94. The molecule has 0 radical (unpaired) electrons. The molecule has 136 valence electrons. The molecule has 0 fully saturated rings. The fraction of sp³-hybridized carbons (Fsp3) is 0.211. The number of hydrogen-bond donors (Lipinski definition) is 2. The van der Waals surface area contributed by atoms with Crippen molar-refractivity contribution < 1.29 is 19.4 Å². The smallest absolute Gasteiger partial charge is 0.337 e. The van der Waals surface area contributed by atoms with Gasteiger partial charge in [-0.15, -0.1) is 0 Å². The minimum Gasteiger partial charge on any atom is -0.484 e. The van der Waals surface area contributed by atoms with Crippen molar-refractivity contribution in [2.75, 3.05) is 26.1 Å². The number of carboxylic acids is 1. The number of carboxylic acid groups (broad SMARTS) is 1. The molecule has 2 rings (SSSR count). The van der Waals surface area contributed by atoms with Crippen LogP contribution >= 0.6 is 0 Å². The van der Waals surface area contributed by atoms with Crippen molar-refractivity contribution in [2.24, 2.45) is 5.10 Å². The van der Waals surface area contributed by atoms with E-state index in [1.165, 1.54) is 11.0 Å². The van der Waals surface area contributed by atoms with Gasteiger partial charge in [-0.2, -0.15) is 5.10 Å². The first-order valence-corrected chi connectivity index (χ1v) is 7.94. The highest BCUT2D eigenvalue weighted by atomic mass is 16.5. The van der Waals surface area contributed by atoms with E-state index in [2.05, 4.69) is 10.5 Å². The number of likely N-dealkylation sites (N-methyl/N-ethyl adjacent to an activating group) is 1. The Kier molecular flexibility index (Phi) is 6.32. The summed E-state index contributed by atoms with van der Waals surface area (Å²) in [5, 5.41) is 13.4. The standard InChI is InChI=1S/C19H21N3O4/c1-13(20-21-17-10-5-4-9-16(17)19(24)25)14-7-6-8-15(11-14)26-12-18(23)22(2)3/h4-11,21H,12H2,1-3H3,(H,24,25)/b20-13+. The number of ether oxygens (including phenoxy) is 1. The van der Waals surface area contributed by atoms with Crippen LogP contribution in [0, 0.1) is 0 Å². The van der Waals surface area contributed by atoms with E-state index in [0.29, 0.717) is 17.1 Å².